The predicted octanol–water partition coefficient (Wildman–Crippen LogP) is 3.08. The number of hydrogen-bond donors (Lipinski definition) is 0. The van der Waals surface area contributed by atoms with Gasteiger partial charge in [-0.05, 0) is 38.5 Å². The van der Waals surface area contributed by atoms with Crippen LogP contribution in [-0.4, -0.2) is 46.4 Å². The Labute approximate surface area is 162 Å². The third kappa shape index (κ3) is 3.14. The largest absolute Gasteiger partial charge is 0.461 e. The lowest BCUT2D eigenvalue weighted by Crippen LogP contribution is -2.28. The molecular weight excluding hydrogens is 366 g/mol. The van der Waals surface area contributed by atoms with Crippen molar-refractivity contribution in [3.05, 3.63) is 40.8 Å². The second-order valence-corrected chi connectivity index (χ2v) is 7.44. The number of aryl methyl sites for hydroxylation is 2. The van der Waals surface area contributed by atoms with Crippen LogP contribution in [0, 0.1) is 18.8 Å². The molecule has 1 aliphatic heterocycles. The summed E-state index contributed by atoms with van der Waals surface area (Å²) in [5.74, 6) is -3.16. The topological polar surface area (TPSA) is 60.2 Å². The molecule has 0 radical (unpaired) electrons. The van der Waals surface area contributed by atoms with Crippen LogP contribution >= 0.6 is 0 Å². The maximum absolute atomic E-state index is 13.4. The second-order valence-electron chi connectivity index (χ2n) is 7.44. The van der Waals surface area contributed by atoms with Gasteiger partial charge in [-0.15, -0.1) is 0 Å². The summed E-state index contributed by atoms with van der Waals surface area (Å²) in [6, 6.07) is 5.61. The van der Waals surface area contributed by atoms with Crippen molar-refractivity contribution in [2.75, 3.05) is 24.6 Å². The summed E-state index contributed by atoms with van der Waals surface area (Å²) >= 11 is 0. The zero-order chi connectivity index (χ0) is 20.1. The molecular formula is C20H24F2N4O2. The summed E-state index contributed by atoms with van der Waals surface area (Å²) in [7, 11) is 0. The summed E-state index contributed by atoms with van der Waals surface area (Å²) in [6.45, 7) is 7.23. The molecule has 1 saturated carbocycles. The van der Waals surface area contributed by atoms with E-state index in [4.69, 9.17) is 4.74 Å². The molecule has 2 unspecified atom stereocenters. The molecule has 0 spiro atoms. The van der Waals surface area contributed by atoms with E-state index in [0.717, 1.165) is 22.8 Å². The molecule has 6 nitrogen and oxygen atoms in total. The lowest BCUT2D eigenvalue weighted by atomic mass is 10.1. The van der Waals surface area contributed by atoms with Gasteiger partial charge in [-0.1, -0.05) is 6.07 Å². The zero-order valence-electron chi connectivity index (χ0n) is 16.3. The van der Waals surface area contributed by atoms with Crippen molar-refractivity contribution in [3.63, 3.8) is 0 Å². The lowest BCUT2D eigenvalue weighted by molar-refractivity contribution is 0.0512. The molecule has 0 amide bonds. The van der Waals surface area contributed by atoms with Crippen LogP contribution in [0.1, 0.15) is 41.3 Å². The van der Waals surface area contributed by atoms with Gasteiger partial charge in [-0.3, -0.25) is 4.68 Å². The summed E-state index contributed by atoms with van der Waals surface area (Å²) < 4.78 is 33.5. The molecule has 3 heterocycles. The predicted molar refractivity (Wildman–Crippen MR) is 99.8 cm³/mol. The molecule has 2 aromatic heterocycles. The molecule has 1 aliphatic carbocycles. The maximum atomic E-state index is 13.4. The Hall–Kier alpha value is -2.51. The summed E-state index contributed by atoms with van der Waals surface area (Å²) in [5.41, 5.74) is 3.05. The Morgan fingerprint density at radius 1 is 1.29 bits per heavy atom. The summed E-state index contributed by atoms with van der Waals surface area (Å²) in [5, 5.41) is 4.49. The number of carbonyl (C=O) groups excluding carboxylic acids is 1. The Morgan fingerprint density at radius 3 is 2.61 bits per heavy atom. The average molecular weight is 390 g/mol. The smallest absolute Gasteiger partial charge is 0.356 e. The van der Waals surface area contributed by atoms with Gasteiger partial charge in [0.2, 0.25) is 0 Å². The highest BCUT2D eigenvalue weighted by molar-refractivity contribution is 5.87. The first-order chi connectivity index (χ1) is 13.3. The minimum atomic E-state index is -2.49. The standard InChI is InChI=1S/C20H24F2N4O2/c1-4-26-17(19(27)28-5-2)9-14(24-26)8-13-6-7-18(23-12(13)3)25-10-15-16(11-25)20(15,21)22/h6-7,9,15-16H,4-5,8,10-11H2,1-3H3. The maximum Gasteiger partial charge on any atom is 0.356 e. The number of nitrogens with zero attached hydrogens (tertiary/aromatic N) is 4. The Bertz CT molecular complexity index is 898. The summed E-state index contributed by atoms with van der Waals surface area (Å²) in [6.07, 6.45) is 0.543. The van der Waals surface area contributed by atoms with Crippen molar-refractivity contribution < 1.29 is 18.3 Å². The van der Waals surface area contributed by atoms with Crippen molar-refractivity contribution in [2.45, 2.75) is 39.7 Å². The zero-order valence-corrected chi connectivity index (χ0v) is 16.3. The number of pyridine rings is 1. The van der Waals surface area contributed by atoms with Gasteiger partial charge in [0.15, 0.2) is 0 Å². The van der Waals surface area contributed by atoms with Crippen molar-refractivity contribution in [1.29, 1.82) is 0 Å². The normalized spacial score (nSPS) is 22.2. The molecule has 4 rings (SSSR count). The molecule has 28 heavy (non-hydrogen) atoms. The minimum Gasteiger partial charge on any atom is -0.461 e. The molecule has 2 fully saturated rings. The van der Waals surface area contributed by atoms with E-state index in [1.54, 1.807) is 17.7 Å². The van der Waals surface area contributed by atoms with Gasteiger partial charge in [0.05, 0.1) is 24.1 Å². The number of carbonyl (C=O) groups is 1. The van der Waals surface area contributed by atoms with E-state index in [0.29, 0.717) is 38.4 Å². The number of aromatic nitrogens is 3. The molecule has 0 aromatic carbocycles. The highest BCUT2D eigenvalue weighted by atomic mass is 19.3. The third-order valence-electron chi connectivity index (χ3n) is 5.69. The van der Waals surface area contributed by atoms with Crippen molar-refractivity contribution in [2.24, 2.45) is 11.8 Å². The van der Waals surface area contributed by atoms with Gasteiger partial charge >= 0.3 is 5.97 Å². The van der Waals surface area contributed by atoms with E-state index in [1.807, 2.05) is 30.9 Å². The van der Waals surface area contributed by atoms with Gasteiger partial charge in [0, 0.05) is 31.7 Å². The fraction of sp³-hybridized carbons (Fsp3) is 0.550. The third-order valence-corrected chi connectivity index (χ3v) is 5.69. The number of halogens is 2. The van der Waals surface area contributed by atoms with Crippen LogP contribution in [0.4, 0.5) is 14.6 Å². The number of fused-ring (bicyclic) bond motifs is 1. The monoisotopic (exact) mass is 390 g/mol. The van der Waals surface area contributed by atoms with Gasteiger partial charge in [0.25, 0.3) is 5.92 Å². The molecule has 2 atom stereocenters. The number of alkyl halides is 2. The summed E-state index contributed by atoms with van der Waals surface area (Å²) in [4.78, 5) is 18.6. The number of ether oxygens (including phenoxy) is 1. The van der Waals surface area contributed by atoms with Crippen LogP contribution in [0.15, 0.2) is 18.2 Å². The molecule has 0 N–H and O–H groups in total. The van der Waals surface area contributed by atoms with Crippen molar-refractivity contribution in [1.82, 2.24) is 14.8 Å². The van der Waals surface area contributed by atoms with E-state index < -0.39 is 17.8 Å². The van der Waals surface area contributed by atoms with Gasteiger partial charge in [-0.25, -0.2) is 18.6 Å². The van der Waals surface area contributed by atoms with E-state index in [1.165, 1.54) is 0 Å². The van der Waals surface area contributed by atoms with Crippen LogP contribution in [0.5, 0.6) is 0 Å². The first-order valence-electron chi connectivity index (χ1n) is 9.68. The van der Waals surface area contributed by atoms with Crippen LogP contribution < -0.4 is 4.90 Å². The average Bonchev–Trinajstić information content (AvgIpc) is 3.09. The fourth-order valence-electron chi connectivity index (χ4n) is 4.00. The number of rotatable bonds is 6. The molecule has 8 heteroatoms. The Kier molecular flexibility index (Phi) is 4.59. The van der Waals surface area contributed by atoms with Crippen LogP contribution in [0.3, 0.4) is 0 Å². The highest BCUT2D eigenvalue weighted by Crippen LogP contribution is 2.59. The van der Waals surface area contributed by atoms with E-state index >= 15 is 0 Å². The minimum absolute atomic E-state index is 0.317. The number of piperidine rings is 1. The van der Waals surface area contributed by atoms with Gasteiger partial charge in [-0.2, -0.15) is 5.10 Å². The Balaban J connectivity index is 1.48. The highest BCUT2D eigenvalue weighted by Gasteiger charge is 2.71. The number of hydrogen-bond acceptors (Lipinski definition) is 5. The van der Waals surface area contributed by atoms with E-state index in [-0.39, 0.29) is 5.97 Å². The van der Waals surface area contributed by atoms with Crippen LogP contribution in [0.2, 0.25) is 0 Å². The van der Waals surface area contributed by atoms with Crippen molar-refractivity contribution >= 4 is 11.8 Å². The SMILES string of the molecule is CCOC(=O)c1cc(Cc2ccc(N3CC4C(C3)C4(F)F)nc2C)nn1CC. The first kappa shape index (κ1) is 18.8. The van der Waals surface area contributed by atoms with E-state index in [2.05, 4.69) is 10.1 Å². The molecule has 150 valence electrons. The molecule has 0 bridgehead atoms. The van der Waals surface area contributed by atoms with Crippen LogP contribution in [0.25, 0.3) is 0 Å². The number of esters is 1. The molecule has 1 saturated heterocycles. The first-order valence-corrected chi connectivity index (χ1v) is 9.68. The second kappa shape index (κ2) is 6.83. The number of anilines is 1. The van der Waals surface area contributed by atoms with Crippen molar-refractivity contribution in [3.8, 4) is 0 Å². The fourth-order valence-corrected chi connectivity index (χ4v) is 4.00. The quantitative estimate of drug-likeness (QED) is 0.710. The lowest BCUT2D eigenvalue weighted by Gasteiger charge is -2.21. The van der Waals surface area contributed by atoms with E-state index in [9.17, 15) is 13.6 Å². The molecule has 2 aromatic rings. The van der Waals surface area contributed by atoms with Gasteiger partial charge < -0.3 is 9.64 Å². The van der Waals surface area contributed by atoms with Gasteiger partial charge in [0.1, 0.15) is 11.5 Å². The molecule has 2 aliphatic rings. The van der Waals surface area contributed by atoms with Crippen LogP contribution in [-0.2, 0) is 17.7 Å². The Morgan fingerprint density at radius 2 is 2.00 bits per heavy atom.